The van der Waals surface area contributed by atoms with Crippen molar-refractivity contribution >= 4 is 17.7 Å². The predicted molar refractivity (Wildman–Crippen MR) is 73.3 cm³/mol. The number of carboxylic acids is 1. The Morgan fingerprint density at radius 2 is 2.05 bits per heavy atom. The number of nitrogens with one attached hydrogen (secondary N) is 1. The number of carbonyl (C=O) groups is 1. The van der Waals surface area contributed by atoms with Crippen LogP contribution < -0.4 is 0 Å². The van der Waals surface area contributed by atoms with Gasteiger partial charge in [0.1, 0.15) is 5.82 Å². The first-order chi connectivity index (χ1) is 9.13. The average Bonchev–Trinajstić information content (AvgIpc) is 2.84. The van der Waals surface area contributed by atoms with Gasteiger partial charge in [0.15, 0.2) is 0 Å². The van der Waals surface area contributed by atoms with Crippen molar-refractivity contribution in [1.82, 2.24) is 15.2 Å². The number of carboxylic acid groups (broad SMARTS) is 1. The number of rotatable bonds is 6. The molecule has 1 aromatic heterocycles. The molecule has 0 spiro atoms. The molecule has 100 valence electrons. The first-order valence-electron chi connectivity index (χ1n) is 5.95. The molecule has 0 aliphatic rings. The molecule has 6 heteroatoms. The Morgan fingerprint density at radius 1 is 1.32 bits per heavy atom. The van der Waals surface area contributed by atoms with Crippen LogP contribution >= 0.6 is 11.8 Å². The van der Waals surface area contributed by atoms with Crippen LogP contribution in [0, 0.1) is 6.92 Å². The van der Waals surface area contributed by atoms with E-state index in [1.165, 1.54) is 11.1 Å². The number of aliphatic carboxylic acids is 1. The second-order valence-corrected chi connectivity index (χ2v) is 5.18. The Labute approximate surface area is 115 Å². The molecule has 2 aromatic rings. The standard InChI is InChI=1S/C13H15N3O2S/c1-9-2-4-10(5-3-9)6-7-11-14-13(16-15-11)19-8-12(17)18/h2-5H,6-8H2,1H3,(H,17,18)(H,14,15,16). The van der Waals surface area contributed by atoms with E-state index in [2.05, 4.69) is 46.4 Å². The summed E-state index contributed by atoms with van der Waals surface area (Å²) in [6, 6.07) is 8.38. The Hall–Kier alpha value is -1.82. The molecule has 0 atom stereocenters. The van der Waals surface area contributed by atoms with E-state index in [1.807, 2.05) is 0 Å². The molecule has 0 aliphatic carbocycles. The van der Waals surface area contributed by atoms with Gasteiger partial charge in [0.05, 0.1) is 5.75 Å². The fraction of sp³-hybridized carbons (Fsp3) is 0.308. The third-order valence-corrected chi connectivity index (χ3v) is 3.44. The largest absolute Gasteiger partial charge is 0.481 e. The van der Waals surface area contributed by atoms with Crippen molar-refractivity contribution in [3.63, 3.8) is 0 Å². The van der Waals surface area contributed by atoms with Crippen LogP contribution in [0.3, 0.4) is 0 Å². The van der Waals surface area contributed by atoms with Crippen LogP contribution in [0.2, 0.25) is 0 Å². The molecule has 1 aromatic carbocycles. The second-order valence-electron chi connectivity index (χ2n) is 4.23. The topological polar surface area (TPSA) is 78.9 Å². The highest BCUT2D eigenvalue weighted by Crippen LogP contribution is 2.13. The molecule has 0 aliphatic heterocycles. The molecule has 0 radical (unpaired) electrons. The summed E-state index contributed by atoms with van der Waals surface area (Å²) in [4.78, 5) is 14.7. The number of thioether (sulfide) groups is 1. The molecule has 5 nitrogen and oxygen atoms in total. The van der Waals surface area contributed by atoms with E-state index in [0.29, 0.717) is 5.16 Å². The molecule has 2 rings (SSSR count). The van der Waals surface area contributed by atoms with Crippen molar-refractivity contribution in [2.24, 2.45) is 0 Å². The Bertz CT molecular complexity index is 551. The number of nitrogens with zero attached hydrogens (tertiary/aromatic N) is 2. The van der Waals surface area contributed by atoms with Gasteiger partial charge in [-0.05, 0) is 18.9 Å². The summed E-state index contributed by atoms with van der Waals surface area (Å²) in [7, 11) is 0. The van der Waals surface area contributed by atoms with E-state index < -0.39 is 5.97 Å². The molecule has 2 N–H and O–H groups in total. The number of benzene rings is 1. The maximum absolute atomic E-state index is 10.4. The fourth-order valence-corrected chi connectivity index (χ4v) is 2.14. The van der Waals surface area contributed by atoms with Crippen LogP contribution in [0.4, 0.5) is 0 Å². The highest BCUT2D eigenvalue weighted by Gasteiger charge is 2.06. The zero-order valence-corrected chi connectivity index (χ0v) is 11.4. The smallest absolute Gasteiger partial charge is 0.313 e. The average molecular weight is 277 g/mol. The van der Waals surface area contributed by atoms with Crippen molar-refractivity contribution in [1.29, 1.82) is 0 Å². The number of aryl methyl sites for hydroxylation is 3. The Kier molecular flexibility index (Phi) is 4.57. The van der Waals surface area contributed by atoms with Gasteiger partial charge >= 0.3 is 5.97 Å². The normalized spacial score (nSPS) is 10.6. The van der Waals surface area contributed by atoms with Crippen molar-refractivity contribution in [2.75, 3.05) is 5.75 Å². The number of aromatic nitrogens is 3. The van der Waals surface area contributed by atoms with E-state index in [1.54, 1.807) is 0 Å². The summed E-state index contributed by atoms with van der Waals surface area (Å²) < 4.78 is 0. The van der Waals surface area contributed by atoms with Crippen molar-refractivity contribution < 1.29 is 9.90 Å². The van der Waals surface area contributed by atoms with Crippen LogP contribution in [0.25, 0.3) is 0 Å². The molecule has 0 bridgehead atoms. The van der Waals surface area contributed by atoms with Gasteiger partial charge in [-0.1, -0.05) is 41.6 Å². The number of hydrogen-bond donors (Lipinski definition) is 2. The van der Waals surface area contributed by atoms with Crippen LogP contribution in [-0.2, 0) is 17.6 Å². The first kappa shape index (κ1) is 13.6. The van der Waals surface area contributed by atoms with Crippen LogP contribution in [0.15, 0.2) is 29.4 Å². The van der Waals surface area contributed by atoms with Gasteiger partial charge in [-0.15, -0.1) is 5.10 Å². The van der Waals surface area contributed by atoms with E-state index in [9.17, 15) is 4.79 Å². The van der Waals surface area contributed by atoms with Gasteiger partial charge in [0, 0.05) is 6.42 Å². The third-order valence-electron chi connectivity index (χ3n) is 2.61. The maximum atomic E-state index is 10.4. The molecule has 0 saturated heterocycles. The zero-order valence-electron chi connectivity index (χ0n) is 10.6. The Balaban J connectivity index is 1.86. The van der Waals surface area contributed by atoms with Crippen LogP contribution in [0.1, 0.15) is 17.0 Å². The monoisotopic (exact) mass is 277 g/mol. The van der Waals surface area contributed by atoms with E-state index in [-0.39, 0.29) is 5.75 Å². The van der Waals surface area contributed by atoms with Gasteiger partial charge in [-0.2, -0.15) is 0 Å². The molecule has 19 heavy (non-hydrogen) atoms. The lowest BCUT2D eigenvalue weighted by molar-refractivity contribution is -0.133. The van der Waals surface area contributed by atoms with Gasteiger partial charge in [0.25, 0.3) is 0 Å². The summed E-state index contributed by atoms with van der Waals surface area (Å²) >= 11 is 1.12. The highest BCUT2D eigenvalue weighted by molar-refractivity contribution is 7.99. The molecule has 0 amide bonds. The van der Waals surface area contributed by atoms with Gasteiger partial charge in [0.2, 0.25) is 5.16 Å². The highest BCUT2D eigenvalue weighted by atomic mass is 32.2. The van der Waals surface area contributed by atoms with Gasteiger partial charge in [-0.25, -0.2) is 4.98 Å². The summed E-state index contributed by atoms with van der Waals surface area (Å²) in [5.41, 5.74) is 2.50. The zero-order chi connectivity index (χ0) is 13.7. The van der Waals surface area contributed by atoms with Crippen molar-refractivity contribution in [2.45, 2.75) is 24.9 Å². The number of H-pyrrole nitrogens is 1. The summed E-state index contributed by atoms with van der Waals surface area (Å²) in [5, 5.41) is 15.9. The molecule has 1 heterocycles. The molecule has 0 saturated carbocycles. The summed E-state index contributed by atoms with van der Waals surface area (Å²) in [5.74, 6) is -0.0978. The minimum atomic E-state index is -0.865. The summed E-state index contributed by atoms with van der Waals surface area (Å²) in [6.07, 6.45) is 1.65. The second kappa shape index (κ2) is 6.38. The van der Waals surface area contributed by atoms with Crippen LogP contribution in [-0.4, -0.2) is 32.0 Å². The quantitative estimate of drug-likeness (QED) is 0.790. The SMILES string of the molecule is Cc1ccc(CCc2nc(SCC(=O)O)n[nH]2)cc1. The van der Waals surface area contributed by atoms with E-state index in [4.69, 9.17) is 5.11 Å². The first-order valence-corrected chi connectivity index (χ1v) is 6.93. The maximum Gasteiger partial charge on any atom is 0.313 e. The van der Waals surface area contributed by atoms with Crippen molar-refractivity contribution in [3.05, 3.63) is 41.2 Å². The molecular formula is C13H15N3O2S. The fourth-order valence-electron chi connectivity index (χ4n) is 1.60. The Morgan fingerprint density at radius 3 is 2.74 bits per heavy atom. The predicted octanol–water partition coefficient (Wildman–Crippen LogP) is 2.08. The molecule has 0 unspecified atom stereocenters. The molecular weight excluding hydrogens is 262 g/mol. The lowest BCUT2D eigenvalue weighted by Gasteiger charge is -1.99. The number of aromatic amines is 1. The van der Waals surface area contributed by atoms with Gasteiger partial charge < -0.3 is 5.11 Å². The number of hydrogen-bond acceptors (Lipinski definition) is 4. The third kappa shape index (κ3) is 4.40. The van der Waals surface area contributed by atoms with E-state index >= 15 is 0 Å². The lowest BCUT2D eigenvalue weighted by Crippen LogP contribution is -1.98. The van der Waals surface area contributed by atoms with E-state index in [0.717, 1.165) is 30.4 Å². The lowest BCUT2D eigenvalue weighted by atomic mass is 10.1. The van der Waals surface area contributed by atoms with Crippen LogP contribution in [0.5, 0.6) is 0 Å². The van der Waals surface area contributed by atoms with Gasteiger partial charge in [-0.3, -0.25) is 9.89 Å². The minimum absolute atomic E-state index is 0.0186. The van der Waals surface area contributed by atoms with Crippen molar-refractivity contribution in [3.8, 4) is 0 Å². The molecule has 0 fully saturated rings. The summed E-state index contributed by atoms with van der Waals surface area (Å²) in [6.45, 7) is 2.06. The minimum Gasteiger partial charge on any atom is -0.481 e.